The van der Waals surface area contributed by atoms with E-state index in [2.05, 4.69) is 60.3 Å². The molecule has 0 unspecified atom stereocenters. The van der Waals surface area contributed by atoms with Crippen LogP contribution in [0.25, 0.3) is 15.5 Å². The lowest BCUT2D eigenvalue weighted by Crippen LogP contribution is -2.01. The Morgan fingerprint density at radius 1 is 1.26 bits per heavy atom. The highest BCUT2D eigenvalue weighted by Crippen LogP contribution is 2.26. The summed E-state index contributed by atoms with van der Waals surface area (Å²) in [5.41, 5.74) is 2.39. The summed E-state index contributed by atoms with van der Waals surface area (Å²) in [5, 5.41) is 14.1. The fourth-order valence-electron chi connectivity index (χ4n) is 2.04. The molecule has 0 aliphatic carbocycles. The first-order chi connectivity index (χ1) is 9.13. The van der Waals surface area contributed by atoms with Gasteiger partial charge in [-0.25, -0.2) is 0 Å². The molecule has 0 saturated carbocycles. The van der Waals surface area contributed by atoms with E-state index in [0.717, 1.165) is 27.8 Å². The first-order valence-corrected chi connectivity index (χ1v) is 7.23. The molecule has 4 nitrogen and oxygen atoms in total. The third-order valence-electron chi connectivity index (χ3n) is 2.91. The first kappa shape index (κ1) is 12.3. The summed E-state index contributed by atoms with van der Waals surface area (Å²) in [6.07, 6.45) is 0.901. The average molecular weight is 272 g/mol. The molecule has 0 radical (unpaired) electrons. The Morgan fingerprint density at radius 3 is 2.84 bits per heavy atom. The number of benzene rings is 1. The highest BCUT2D eigenvalue weighted by molar-refractivity contribution is 7.19. The minimum Gasteiger partial charge on any atom is -0.187 e. The van der Waals surface area contributed by atoms with Gasteiger partial charge in [-0.3, -0.25) is 0 Å². The van der Waals surface area contributed by atoms with E-state index in [9.17, 15) is 0 Å². The molecule has 0 fully saturated rings. The molecule has 98 valence electrons. The van der Waals surface area contributed by atoms with Crippen LogP contribution in [0.1, 0.15) is 25.2 Å². The van der Waals surface area contributed by atoms with E-state index in [4.69, 9.17) is 0 Å². The maximum Gasteiger partial charge on any atom is 0.234 e. The molecular weight excluding hydrogens is 256 g/mol. The quantitative estimate of drug-likeness (QED) is 0.734. The van der Waals surface area contributed by atoms with Crippen molar-refractivity contribution in [3.05, 3.63) is 35.7 Å². The summed E-state index contributed by atoms with van der Waals surface area (Å²) >= 11 is 1.59. The van der Waals surface area contributed by atoms with Gasteiger partial charge in [0.25, 0.3) is 0 Å². The Bertz CT molecular complexity index is 711. The Hall–Kier alpha value is -1.75. The molecule has 19 heavy (non-hydrogen) atoms. The summed E-state index contributed by atoms with van der Waals surface area (Å²) < 4.78 is 1.88. The molecule has 0 spiro atoms. The predicted molar refractivity (Wildman–Crippen MR) is 77.4 cm³/mol. The molecule has 0 bridgehead atoms. The number of hydrogen-bond donors (Lipinski definition) is 0. The Morgan fingerprint density at radius 2 is 2.11 bits per heavy atom. The van der Waals surface area contributed by atoms with Crippen molar-refractivity contribution in [3.8, 4) is 10.6 Å². The van der Waals surface area contributed by atoms with Crippen LogP contribution >= 0.6 is 11.3 Å². The molecule has 0 aliphatic heterocycles. The van der Waals surface area contributed by atoms with E-state index in [-0.39, 0.29) is 0 Å². The number of aromatic nitrogens is 4. The lowest BCUT2D eigenvalue weighted by molar-refractivity contribution is 0.607. The molecular formula is C14H16N4S. The van der Waals surface area contributed by atoms with Crippen molar-refractivity contribution >= 4 is 16.3 Å². The van der Waals surface area contributed by atoms with Gasteiger partial charge < -0.3 is 0 Å². The van der Waals surface area contributed by atoms with Gasteiger partial charge in [-0.05, 0) is 18.9 Å². The fourth-order valence-corrected chi connectivity index (χ4v) is 2.90. The molecule has 5 heteroatoms. The number of fused-ring (bicyclic) bond motifs is 1. The lowest BCUT2D eigenvalue weighted by Gasteiger charge is -2.00. The van der Waals surface area contributed by atoms with E-state index < -0.39 is 0 Å². The molecule has 0 aliphatic rings. The molecule has 0 atom stereocenters. The predicted octanol–water partition coefficient (Wildman–Crippen LogP) is 3.36. The monoisotopic (exact) mass is 272 g/mol. The van der Waals surface area contributed by atoms with Crippen LogP contribution in [0.15, 0.2) is 24.3 Å². The number of rotatable bonds is 3. The van der Waals surface area contributed by atoms with Gasteiger partial charge in [-0.1, -0.05) is 48.9 Å². The highest BCUT2D eigenvalue weighted by atomic mass is 32.1. The molecule has 2 heterocycles. The number of hydrogen-bond acceptors (Lipinski definition) is 4. The minimum absolute atomic E-state index is 0.552. The van der Waals surface area contributed by atoms with Crippen LogP contribution in [0.3, 0.4) is 0 Å². The van der Waals surface area contributed by atoms with Crippen LogP contribution in [-0.4, -0.2) is 19.8 Å². The van der Waals surface area contributed by atoms with Gasteiger partial charge in [0.2, 0.25) is 4.96 Å². The van der Waals surface area contributed by atoms with E-state index in [1.165, 1.54) is 5.56 Å². The van der Waals surface area contributed by atoms with E-state index in [1.807, 2.05) is 4.52 Å². The van der Waals surface area contributed by atoms with Crippen molar-refractivity contribution in [2.75, 3.05) is 0 Å². The second-order valence-corrected chi connectivity index (χ2v) is 6.14. The second-order valence-electron chi connectivity index (χ2n) is 5.19. The summed E-state index contributed by atoms with van der Waals surface area (Å²) in [7, 11) is 0. The van der Waals surface area contributed by atoms with Crippen LogP contribution < -0.4 is 0 Å². The second kappa shape index (κ2) is 4.74. The zero-order valence-electron chi connectivity index (χ0n) is 11.3. The molecule has 3 aromatic rings. The topological polar surface area (TPSA) is 43.1 Å². The van der Waals surface area contributed by atoms with Crippen LogP contribution in [0.2, 0.25) is 0 Å². The maximum absolute atomic E-state index is 4.65. The maximum atomic E-state index is 4.65. The van der Waals surface area contributed by atoms with Crippen LogP contribution in [0.4, 0.5) is 0 Å². The Kier molecular flexibility index (Phi) is 3.06. The molecule has 2 aromatic heterocycles. The van der Waals surface area contributed by atoms with Crippen molar-refractivity contribution in [3.63, 3.8) is 0 Å². The van der Waals surface area contributed by atoms with Gasteiger partial charge in [0.15, 0.2) is 5.82 Å². The Balaban J connectivity index is 2.04. The third-order valence-corrected chi connectivity index (χ3v) is 3.86. The van der Waals surface area contributed by atoms with E-state index in [0.29, 0.717) is 5.92 Å². The smallest absolute Gasteiger partial charge is 0.187 e. The SMILES string of the molecule is Cc1cccc(-c2nn3c(CC(C)C)nnc3s2)c1. The molecule has 0 saturated heterocycles. The van der Waals surface area contributed by atoms with E-state index in [1.54, 1.807) is 11.3 Å². The summed E-state index contributed by atoms with van der Waals surface area (Å²) in [6.45, 7) is 6.44. The first-order valence-electron chi connectivity index (χ1n) is 6.41. The van der Waals surface area contributed by atoms with Crippen molar-refractivity contribution in [2.24, 2.45) is 5.92 Å². The summed E-state index contributed by atoms with van der Waals surface area (Å²) in [5.74, 6) is 1.50. The van der Waals surface area contributed by atoms with Crippen LogP contribution in [-0.2, 0) is 6.42 Å². The van der Waals surface area contributed by atoms with Crippen molar-refractivity contribution in [2.45, 2.75) is 27.2 Å². The number of nitrogens with zero attached hydrogens (tertiary/aromatic N) is 4. The van der Waals surface area contributed by atoms with Gasteiger partial charge >= 0.3 is 0 Å². The van der Waals surface area contributed by atoms with Gasteiger partial charge in [0.1, 0.15) is 5.01 Å². The zero-order valence-corrected chi connectivity index (χ0v) is 12.1. The standard InChI is InChI=1S/C14H16N4S/c1-9(2)7-12-15-16-14-18(12)17-13(19-14)11-6-4-5-10(3)8-11/h4-6,8-9H,7H2,1-3H3. The lowest BCUT2D eigenvalue weighted by atomic mass is 10.1. The average Bonchev–Trinajstić information content (AvgIpc) is 2.91. The summed E-state index contributed by atoms with van der Waals surface area (Å²) in [4.78, 5) is 0.868. The van der Waals surface area contributed by atoms with Crippen molar-refractivity contribution in [1.29, 1.82) is 0 Å². The van der Waals surface area contributed by atoms with Crippen LogP contribution in [0, 0.1) is 12.8 Å². The fraction of sp³-hybridized carbons (Fsp3) is 0.357. The Labute approximate surface area is 116 Å². The minimum atomic E-state index is 0.552. The van der Waals surface area contributed by atoms with Crippen molar-refractivity contribution in [1.82, 2.24) is 19.8 Å². The summed E-state index contributed by atoms with van der Waals surface area (Å²) in [6, 6.07) is 8.38. The van der Waals surface area contributed by atoms with Gasteiger partial charge in [-0.2, -0.15) is 9.61 Å². The molecule has 3 rings (SSSR count). The van der Waals surface area contributed by atoms with Gasteiger partial charge in [-0.15, -0.1) is 10.2 Å². The van der Waals surface area contributed by atoms with E-state index >= 15 is 0 Å². The molecule has 0 amide bonds. The normalized spacial score (nSPS) is 11.6. The van der Waals surface area contributed by atoms with Gasteiger partial charge in [0.05, 0.1) is 0 Å². The highest BCUT2D eigenvalue weighted by Gasteiger charge is 2.13. The molecule has 0 N–H and O–H groups in total. The largest absolute Gasteiger partial charge is 0.234 e. The zero-order chi connectivity index (χ0) is 13.4. The van der Waals surface area contributed by atoms with Crippen LogP contribution in [0.5, 0.6) is 0 Å². The molecule has 1 aromatic carbocycles. The number of aryl methyl sites for hydroxylation is 1. The van der Waals surface area contributed by atoms with Crippen molar-refractivity contribution < 1.29 is 0 Å². The third kappa shape index (κ3) is 2.38. The van der Waals surface area contributed by atoms with Gasteiger partial charge in [0, 0.05) is 12.0 Å².